The quantitative estimate of drug-likeness (QED) is 0.465. The Morgan fingerprint density at radius 1 is 1.00 bits per heavy atom. The molecule has 2 aromatic heterocycles. The minimum Gasteiger partial charge on any atom is -0.372 e. The van der Waals surface area contributed by atoms with Gasteiger partial charge >= 0.3 is 0 Å². The van der Waals surface area contributed by atoms with Gasteiger partial charge in [-0.25, -0.2) is 4.98 Å². The Morgan fingerprint density at radius 3 is 2.59 bits per heavy atom. The first-order chi connectivity index (χ1) is 13.2. The highest BCUT2D eigenvalue weighted by molar-refractivity contribution is 7.22. The molecule has 0 atom stereocenters. The fourth-order valence-corrected chi connectivity index (χ4v) is 3.78. The summed E-state index contributed by atoms with van der Waals surface area (Å²) in [6, 6.07) is 18.0. The van der Waals surface area contributed by atoms with Crippen molar-refractivity contribution < 1.29 is 4.74 Å². The summed E-state index contributed by atoms with van der Waals surface area (Å²) in [6.07, 6.45) is 0. The smallest absolute Gasteiger partial charge is 0.189 e. The molecule has 5 nitrogen and oxygen atoms in total. The largest absolute Gasteiger partial charge is 0.372 e. The van der Waals surface area contributed by atoms with Crippen molar-refractivity contribution in [2.24, 2.45) is 0 Å². The van der Waals surface area contributed by atoms with Gasteiger partial charge in [0, 0.05) is 11.1 Å². The van der Waals surface area contributed by atoms with E-state index < -0.39 is 0 Å². The van der Waals surface area contributed by atoms with Crippen LogP contribution in [0.5, 0.6) is 0 Å². The van der Waals surface area contributed by atoms with E-state index in [1.54, 1.807) is 11.3 Å². The molecular weight excluding hydrogens is 380 g/mol. The lowest BCUT2D eigenvalue weighted by Crippen LogP contribution is -2.05. The SMILES string of the molecule is Cc1c(Nc2nc3ccccc3s2)nnc(Cl)c1COCc1ccccc1. The summed E-state index contributed by atoms with van der Waals surface area (Å²) >= 11 is 7.83. The van der Waals surface area contributed by atoms with Gasteiger partial charge < -0.3 is 10.1 Å². The molecule has 1 N–H and O–H groups in total. The average Bonchev–Trinajstić information content (AvgIpc) is 3.10. The second kappa shape index (κ2) is 8.00. The zero-order valence-electron chi connectivity index (χ0n) is 14.6. The number of fused-ring (bicyclic) bond motifs is 1. The lowest BCUT2D eigenvalue weighted by Gasteiger charge is -2.12. The number of ether oxygens (including phenoxy) is 1. The van der Waals surface area contributed by atoms with Crippen LogP contribution in [0.4, 0.5) is 10.9 Å². The molecule has 0 fully saturated rings. The summed E-state index contributed by atoms with van der Waals surface area (Å²) in [4.78, 5) is 4.58. The number of thiazole rings is 1. The number of halogens is 1. The van der Waals surface area contributed by atoms with Gasteiger partial charge in [0.1, 0.15) is 0 Å². The van der Waals surface area contributed by atoms with E-state index in [0.29, 0.717) is 24.2 Å². The number of hydrogen-bond acceptors (Lipinski definition) is 6. The van der Waals surface area contributed by atoms with Crippen molar-refractivity contribution in [2.75, 3.05) is 5.32 Å². The molecule has 0 aliphatic heterocycles. The second-order valence-corrected chi connectivity index (χ2v) is 7.42. The third kappa shape index (κ3) is 4.08. The van der Waals surface area contributed by atoms with Crippen molar-refractivity contribution in [3.05, 3.63) is 76.4 Å². The molecule has 0 spiro atoms. The highest BCUT2D eigenvalue weighted by atomic mass is 35.5. The van der Waals surface area contributed by atoms with Crippen molar-refractivity contribution in [3.8, 4) is 0 Å². The Kier molecular flexibility index (Phi) is 5.29. The lowest BCUT2D eigenvalue weighted by atomic mass is 10.2. The van der Waals surface area contributed by atoms with Crippen LogP contribution in [-0.2, 0) is 18.0 Å². The van der Waals surface area contributed by atoms with Crippen LogP contribution in [0, 0.1) is 6.92 Å². The van der Waals surface area contributed by atoms with E-state index in [0.717, 1.165) is 32.0 Å². The van der Waals surface area contributed by atoms with E-state index in [9.17, 15) is 0 Å². The molecule has 2 aromatic carbocycles. The number of anilines is 2. The molecular formula is C20H17ClN4OS. The van der Waals surface area contributed by atoms with E-state index >= 15 is 0 Å². The van der Waals surface area contributed by atoms with Crippen LogP contribution in [0.3, 0.4) is 0 Å². The number of hydrogen-bond donors (Lipinski definition) is 1. The van der Waals surface area contributed by atoms with Gasteiger partial charge in [0.25, 0.3) is 0 Å². The molecule has 0 bridgehead atoms. The van der Waals surface area contributed by atoms with Gasteiger partial charge in [-0.1, -0.05) is 65.4 Å². The molecule has 0 aliphatic rings. The minimum absolute atomic E-state index is 0.357. The second-order valence-electron chi connectivity index (χ2n) is 6.03. The Labute approximate surface area is 166 Å². The number of rotatable bonds is 6. The molecule has 0 unspecified atom stereocenters. The molecule has 4 aromatic rings. The average molecular weight is 397 g/mol. The predicted molar refractivity (Wildman–Crippen MR) is 110 cm³/mol. The van der Waals surface area contributed by atoms with Gasteiger partial charge in [0.2, 0.25) is 0 Å². The number of para-hydroxylation sites is 1. The fraction of sp³-hybridized carbons (Fsp3) is 0.150. The molecule has 0 amide bonds. The molecule has 136 valence electrons. The number of nitrogens with one attached hydrogen (secondary N) is 1. The van der Waals surface area contributed by atoms with Gasteiger partial charge in [-0.3, -0.25) is 0 Å². The Hall–Kier alpha value is -2.54. The van der Waals surface area contributed by atoms with E-state index in [4.69, 9.17) is 16.3 Å². The lowest BCUT2D eigenvalue weighted by molar-refractivity contribution is 0.106. The van der Waals surface area contributed by atoms with Gasteiger partial charge in [0.15, 0.2) is 16.1 Å². The van der Waals surface area contributed by atoms with Crippen molar-refractivity contribution in [3.63, 3.8) is 0 Å². The molecule has 0 saturated heterocycles. The first kappa shape index (κ1) is 17.9. The van der Waals surface area contributed by atoms with Gasteiger partial charge in [0.05, 0.1) is 23.4 Å². The molecule has 2 heterocycles. The van der Waals surface area contributed by atoms with Crippen LogP contribution in [0.2, 0.25) is 5.15 Å². The summed E-state index contributed by atoms with van der Waals surface area (Å²) < 4.78 is 6.94. The van der Waals surface area contributed by atoms with Crippen molar-refractivity contribution >= 4 is 44.1 Å². The normalized spacial score (nSPS) is 11.0. The fourth-order valence-electron chi connectivity index (χ4n) is 2.69. The van der Waals surface area contributed by atoms with E-state index in [1.807, 2.05) is 61.5 Å². The van der Waals surface area contributed by atoms with E-state index in [-0.39, 0.29) is 0 Å². The standard InChI is InChI=1S/C20H17ClN4OS/c1-13-15(12-26-11-14-7-3-2-4-8-14)18(21)24-25-19(13)23-20-22-16-9-5-6-10-17(16)27-20/h2-10H,11-12H2,1H3,(H,22,23,25). The molecule has 4 rings (SSSR count). The number of nitrogens with zero attached hydrogens (tertiary/aromatic N) is 3. The zero-order chi connectivity index (χ0) is 18.6. The Morgan fingerprint density at radius 2 is 1.78 bits per heavy atom. The van der Waals surface area contributed by atoms with Crippen molar-refractivity contribution in [1.82, 2.24) is 15.2 Å². The zero-order valence-corrected chi connectivity index (χ0v) is 16.2. The van der Waals surface area contributed by atoms with E-state index in [2.05, 4.69) is 20.5 Å². The van der Waals surface area contributed by atoms with Crippen LogP contribution >= 0.6 is 22.9 Å². The maximum absolute atomic E-state index is 6.26. The van der Waals surface area contributed by atoms with Crippen molar-refractivity contribution in [1.29, 1.82) is 0 Å². The number of benzene rings is 2. The maximum Gasteiger partial charge on any atom is 0.189 e. The summed E-state index contributed by atoms with van der Waals surface area (Å²) in [7, 11) is 0. The summed E-state index contributed by atoms with van der Waals surface area (Å²) in [5.74, 6) is 0.636. The highest BCUT2D eigenvalue weighted by Crippen LogP contribution is 2.30. The van der Waals surface area contributed by atoms with Crippen LogP contribution in [0.1, 0.15) is 16.7 Å². The van der Waals surface area contributed by atoms with Crippen LogP contribution in [0.25, 0.3) is 10.2 Å². The first-order valence-corrected chi connectivity index (χ1v) is 9.66. The monoisotopic (exact) mass is 396 g/mol. The summed E-state index contributed by atoms with van der Waals surface area (Å²) in [5, 5.41) is 12.6. The maximum atomic E-state index is 6.26. The molecule has 0 aliphatic carbocycles. The van der Waals surface area contributed by atoms with E-state index in [1.165, 1.54) is 0 Å². The van der Waals surface area contributed by atoms with Gasteiger partial charge in [-0.05, 0) is 24.6 Å². The predicted octanol–water partition coefficient (Wildman–Crippen LogP) is 5.51. The molecule has 0 saturated carbocycles. The topological polar surface area (TPSA) is 59.9 Å². The minimum atomic E-state index is 0.357. The molecule has 27 heavy (non-hydrogen) atoms. The van der Waals surface area contributed by atoms with Gasteiger partial charge in [-0.2, -0.15) is 0 Å². The summed E-state index contributed by atoms with van der Waals surface area (Å²) in [6.45, 7) is 2.83. The highest BCUT2D eigenvalue weighted by Gasteiger charge is 2.14. The Bertz CT molecular complexity index is 1040. The van der Waals surface area contributed by atoms with Crippen LogP contribution in [0.15, 0.2) is 54.6 Å². The molecule has 7 heteroatoms. The van der Waals surface area contributed by atoms with Crippen LogP contribution < -0.4 is 5.32 Å². The Balaban J connectivity index is 1.51. The van der Waals surface area contributed by atoms with Gasteiger partial charge in [-0.15, -0.1) is 10.2 Å². The van der Waals surface area contributed by atoms with Crippen molar-refractivity contribution in [2.45, 2.75) is 20.1 Å². The van der Waals surface area contributed by atoms with Crippen LogP contribution in [-0.4, -0.2) is 15.2 Å². The summed E-state index contributed by atoms with van der Waals surface area (Å²) in [5.41, 5.74) is 3.80. The number of aromatic nitrogens is 3. The molecule has 0 radical (unpaired) electrons. The first-order valence-electron chi connectivity index (χ1n) is 8.46. The third-order valence-electron chi connectivity index (χ3n) is 4.17. The third-order valence-corrected chi connectivity index (χ3v) is 5.43.